The van der Waals surface area contributed by atoms with Crippen LogP contribution in [0, 0.1) is 20.8 Å². The van der Waals surface area contributed by atoms with E-state index in [0.717, 1.165) is 45.1 Å². The van der Waals surface area contributed by atoms with Gasteiger partial charge in [0.15, 0.2) is 10.9 Å². The van der Waals surface area contributed by atoms with Crippen molar-refractivity contribution >= 4 is 16.5 Å². The van der Waals surface area contributed by atoms with E-state index in [1.54, 1.807) is 17.6 Å². The molecule has 4 aromatic heterocycles. The molecule has 4 heterocycles. The Morgan fingerprint density at radius 3 is 2.84 bits per heavy atom. The van der Waals surface area contributed by atoms with Crippen molar-refractivity contribution in [2.75, 3.05) is 5.32 Å². The quantitative estimate of drug-likeness (QED) is 0.562. The first-order valence-corrected chi connectivity index (χ1v) is 8.84. The van der Waals surface area contributed by atoms with Gasteiger partial charge in [-0.25, -0.2) is 4.98 Å². The second-order valence-corrected chi connectivity index (χ2v) is 6.74. The molecule has 1 N–H and O–H groups in total. The highest BCUT2D eigenvalue weighted by atomic mass is 32.1. The molecule has 6 nitrogen and oxygen atoms in total. The van der Waals surface area contributed by atoms with Crippen LogP contribution in [0.1, 0.15) is 22.9 Å². The van der Waals surface area contributed by atoms with Crippen LogP contribution in [0.4, 0.5) is 5.13 Å². The van der Waals surface area contributed by atoms with Crippen molar-refractivity contribution in [3.05, 3.63) is 58.8 Å². The molecule has 25 heavy (non-hydrogen) atoms. The van der Waals surface area contributed by atoms with E-state index in [-0.39, 0.29) is 0 Å². The van der Waals surface area contributed by atoms with Crippen LogP contribution in [0.2, 0.25) is 0 Å². The Balaban J connectivity index is 1.60. The van der Waals surface area contributed by atoms with Gasteiger partial charge in [0.05, 0.1) is 18.5 Å². The first-order valence-electron chi connectivity index (χ1n) is 7.96. The van der Waals surface area contributed by atoms with Crippen molar-refractivity contribution in [1.29, 1.82) is 0 Å². The van der Waals surface area contributed by atoms with Gasteiger partial charge in [0, 0.05) is 28.4 Å². The van der Waals surface area contributed by atoms with Crippen LogP contribution < -0.4 is 5.32 Å². The topological polar surface area (TPSA) is 69.0 Å². The normalized spacial score (nSPS) is 11.2. The molecule has 0 saturated carbocycles. The number of thiazole rings is 1. The Morgan fingerprint density at radius 2 is 2.12 bits per heavy atom. The standard InChI is InChI=1S/C18H18N4O2S/c1-11-7-15(13(3)22(11)17-8-12(2)24-21-17)16-10-25-18(20-16)19-9-14-5-4-6-23-14/h4-8,10H,9H2,1-3H3,(H,19,20). The second-order valence-electron chi connectivity index (χ2n) is 5.89. The molecule has 128 valence electrons. The molecule has 0 bridgehead atoms. The maximum atomic E-state index is 5.33. The largest absolute Gasteiger partial charge is 0.467 e. The first-order chi connectivity index (χ1) is 12.1. The van der Waals surface area contributed by atoms with Crippen LogP contribution in [-0.2, 0) is 6.54 Å². The van der Waals surface area contributed by atoms with E-state index in [1.807, 2.05) is 25.1 Å². The third kappa shape index (κ3) is 2.98. The fraction of sp³-hybridized carbons (Fsp3) is 0.222. The number of nitrogens with zero attached hydrogens (tertiary/aromatic N) is 3. The molecule has 0 aromatic carbocycles. The van der Waals surface area contributed by atoms with E-state index in [9.17, 15) is 0 Å². The van der Waals surface area contributed by atoms with Gasteiger partial charge in [-0.1, -0.05) is 5.16 Å². The van der Waals surface area contributed by atoms with Gasteiger partial charge in [-0.15, -0.1) is 11.3 Å². The van der Waals surface area contributed by atoms with Gasteiger partial charge in [-0.2, -0.15) is 0 Å². The summed E-state index contributed by atoms with van der Waals surface area (Å²) >= 11 is 1.58. The zero-order valence-electron chi connectivity index (χ0n) is 14.2. The Hall–Kier alpha value is -2.80. The maximum Gasteiger partial charge on any atom is 0.183 e. The number of nitrogens with one attached hydrogen (secondary N) is 1. The highest BCUT2D eigenvalue weighted by Gasteiger charge is 2.16. The van der Waals surface area contributed by atoms with E-state index in [1.165, 1.54) is 0 Å². The number of rotatable bonds is 5. The third-order valence-electron chi connectivity index (χ3n) is 4.05. The Bertz CT molecular complexity index is 995. The zero-order chi connectivity index (χ0) is 17.4. The van der Waals surface area contributed by atoms with E-state index < -0.39 is 0 Å². The lowest BCUT2D eigenvalue weighted by Gasteiger charge is -2.04. The lowest BCUT2D eigenvalue weighted by atomic mass is 10.2. The third-order valence-corrected chi connectivity index (χ3v) is 4.85. The fourth-order valence-corrected chi connectivity index (χ4v) is 3.60. The average Bonchev–Trinajstić information content (AvgIpc) is 3.34. The summed E-state index contributed by atoms with van der Waals surface area (Å²) in [4.78, 5) is 4.70. The van der Waals surface area contributed by atoms with Gasteiger partial charge < -0.3 is 14.3 Å². The summed E-state index contributed by atoms with van der Waals surface area (Å²) in [5.41, 5.74) is 4.24. The van der Waals surface area contributed by atoms with E-state index in [2.05, 4.69) is 40.3 Å². The van der Waals surface area contributed by atoms with Gasteiger partial charge in [0.2, 0.25) is 0 Å². The maximum absolute atomic E-state index is 5.33. The van der Waals surface area contributed by atoms with E-state index >= 15 is 0 Å². The molecular weight excluding hydrogens is 336 g/mol. The number of hydrogen-bond acceptors (Lipinski definition) is 6. The number of hydrogen-bond donors (Lipinski definition) is 1. The highest BCUT2D eigenvalue weighted by molar-refractivity contribution is 7.14. The molecule has 0 spiro atoms. The van der Waals surface area contributed by atoms with E-state index in [0.29, 0.717) is 6.54 Å². The molecule has 0 amide bonds. The van der Waals surface area contributed by atoms with Crippen LogP contribution in [-0.4, -0.2) is 14.7 Å². The fourth-order valence-electron chi connectivity index (χ4n) is 2.89. The van der Waals surface area contributed by atoms with Gasteiger partial charge in [0.25, 0.3) is 0 Å². The molecular formula is C18H18N4O2S. The molecule has 0 aliphatic carbocycles. The molecule has 0 atom stereocenters. The van der Waals surface area contributed by atoms with Gasteiger partial charge in [-0.05, 0) is 39.0 Å². The van der Waals surface area contributed by atoms with Crippen molar-refractivity contribution in [1.82, 2.24) is 14.7 Å². The lowest BCUT2D eigenvalue weighted by molar-refractivity contribution is 0.394. The smallest absolute Gasteiger partial charge is 0.183 e. The SMILES string of the molecule is Cc1cc(-n2c(C)cc(-c3csc(NCc4ccco4)n3)c2C)no1. The molecule has 0 radical (unpaired) electrons. The minimum absolute atomic E-state index is 0.622. The summed E-state index contributed by atoms with van der Waals surface area (Å²) in [6.07, 6.45) is 1.67. The highest BCUT2D eigenvalue weighted by Crippen LogP contribution is 2.31. The Labute approximate surface area is 149 Å². The van der Waals surface area contributed by atoms with Crippen LogP contribution in [0.15, 0.2) is 44.8 Å². The molecule has 4 rings (SSSR count). The average molecular weight is 354 g/mol. The van der Waals surface area contributed by atoms with Crippen LogP contribution >= 0.6 is 11.3 Å². The number of aryl methyl sites for hydroxylation is 2. The Kier molecular flexibility index (Phi) is 3.93. The molecule has 0 aliphatic heterocycles. The van der Waals surface area contributed by atoms with Crippen LogP contribution in [0.3, 0.4) is 0 Å². The molecule has 0 fully saturated rings. The van der Waals surface area contributed by atoms with Crippen molar-refractivity contribution in [2.24, 2.45) is 0 Å². The minimum Gasteiger partial charge on any atom is -0.467 e. The second kappa shape index (κ2) is 6.25. The van der Waals surface area contributed by atoms with Crippen molar-refractivity contribution in [3.8, 4) is 17.1 Å². The molecule has 0 aliphatic rings. The van der Waals surface area contributed by atoms with Gasteiger partial charge in [0.1, 0.15) is 11.5 Å². The van der Waals surface area contributed by atoms with Gasteiger partial charge in [-0.3, -0.25) is 4.57 Å². The zero-order valence-corrected chi connectivity index (χ0v) is 15.1. The molecule has 0 saturated heterocycles. The summed E-state index contributed by atoms with van der Waals surface area (Å²) in [5, 5.41) is 10.3. The minimum atomic E-state index is 0.622. The monoisotopic (exact) mass is 354 g/mol. The molecule has 4 aromatic rings. The first kappa shape index (κ1) is 15.7. The summed E-state index contributed by atoms with van der Waals surface area (Å²) in [6.45, 7) is 6.64. The number of anilines is 1. The summed E-state index contributed by atoms with van der Waals surface area (Å²) < 4.78 is 12.6. The predicted molar refractivity (Wildman–Crippen MR) is 97.2 cm³/mol. The number of furan rings is 1. The Morgan fingerprint density at radius 1 is 1.24 bits per heavy atom. The predicted octanol–water partition coefficient (Wildman–Crippen LogP) is 4.72. The molecule has 0 unspecified atom stereocenters. The van der Waals surface area contributed by atoms with Crippen LogP contribution in [0.25, 0.3) is 17.1 Å². The van der Waals surface area contributed by atoms with E-state index in [4.69, 9.17) is 13.9 Å². The summed E-state index contributed by atoms with van der Waals surface area (Å²) in [5.74, 6) is 2.48. The summed E-state index contributed by atoms with van der Waals surface area (Å²) in [7, 11) is 0. The summed E-state index contributed by atoms with van der Waals surface area (Å²) in [6, 6.07) is 7.88. The number of aromatic nitrogens is 3. The molecule has 7 heteroatoms. The lowest BCUT2D eigenvalue weighted by Crippen LogP contribution is -1.99. The van der Waals surface area contributed by atoms with Crippen molar-refractivity contribution < 1.29 is 8.94 Å². The van der Waals surface area contributed by atoms with Crippen molar-refractivity contribution in [3.63, 3.8) is 0 Å². The van der Waals surface area contributed by atoms with Crippen molar-refractivity contribution in [2.45, 2.75) is 27.3 Å². The van der Waals surface area contributed by atoms with Crippen LogP contribution in [0.5, 0.6) is 0 Å². The van der Waals surface area contributed by atoms with Gasteiger partial charge >= 0.3 is 0 Å².